The van der Waals surface area contributed by atoms with Crippen molar-refractivity contribution in [1.29, 1.82) is 5.26 Å². The van der Waals surface area contributed by atoms with Crippen LogP contribution >= 0.6 is 15.9 Å². The molecule has 1 unspecified atom stereocenters. The molecule has 1 aromatic heterocycles. The minimum absolute atomic E-state index is 0.0287. The first-order valence-corrected chi connectivity index (χ1v) is 9.41. The summed E-state index contributed by atoms with van der Waals surface area (Å²) in [6.45, 7) is 3.89. The standard InChI is InChI=1S/C20H22BrN3O3/c1-13(2)10-17(20(26)23-9-8-22)27-19(14-6-4-3-5-7-14)18-16(25)11-15(21)12-24-18/h3-7,11-13,17,19,25H,9-10H2,1-2H3,(H,23,26)/t17-,19?/m0/s1. The van der Waals surface area contributed by atoms with E-state index in [2.05, 4.69) is 26.2 Å². The Morgan fingerprint density at radius 3 is 2.67 bits per heavy atom. The molecule has 0 spiro atoms. The lowest BCUT2D eigenvalue weighted by Gasteiger charge is -2.26. The number of hydrogen-bond donors (Lipinski definition) is 2. The van der Waals surface area contributed by atoms with Gasteiger partial charge in [-0.2, -0.15) is 5.26 Å². The number of nitrogens with zero attached hydrogens (tertiary/aromatic N) is 2. The van der Waals surface area contributed by atoms with E-state index in [4.69, 9.17) is 10.00 Å². The molecule has 0 fully saturated rings. The first-order valence-electron chi connectivity index (χ1n) is 8.61. The second-order valence-corrected chi connectivity index (χ2v) is 7.39. The van der Waals surface area contributed by atoms with Crippen molar-refractivity contribution in [2.75, 3.05) is 6.54 Å². The average Bonchev–Trinajstić information content (AvgIpc) is 2.64. The summed E-state index contributed by atoms with van der Waals surface area (Å²) in [5, 5.41) is 21.7. The molecule has 0 radical (unpaired) electrons. The number of nitrogens with one attached hydrogen (secondary N) is 1. The maximum Gasteiger partial charge on any atom is 0.250 e. The number of amides is 1. The number of hydrogen-bond acceptors (Lipinski definition) is 5. The van der Waals surface area contributed by atoms with Crippen LogP contribution in [0.15, 0.2) is 47.1 Å². The molecule has 0 saturated carbocycles. The van der Waals surface area contributed by atoms with Crippen LogP contribution in [0, 0.1) is 17.2 Å². The molecule has 142 valence electrons. The Labute approximate surface area is 167 Å². The number of nitriles is 1. The zero-order valence-electron chi connectivity index (χ0n) is 15.2. The van der Waals surface area contributed by atoms with E-state index in [9.17, 15) is 9.90 Å². The maximum absolute atomic E-state index is 12.5. The Balaban J connectivity index is 2.39. The lowest BCUT2D eigenvalue weighted by atomic mass is 10.0. The third-order valence-corrected chi connectivity index (χ3v) is 4.27. The van der Waals surface area contributed by atoms with E-state index in [0.717, 1.165) is 5.56 Å². The van der Waals surface area contributed by atoms with Crippen molar-refractivity contribution in [3.63, 3.8) is 0 Å². The maximum atomic E-state index is 12.5. The molecule has 1 heterocycles. The summed E-state index contributed by atoms with van der Waals surface area (Å²) in [5.74, 6) is -0.188. The Hall–Kier alpha value is -2.43. The number of ether oxygens (including phenoxy) is 1. The highest BCUT2D eigenvalue weighted by Crippen LogP contribution is 2.34. The lowest BCUT2D eigenvalue weighted by Crippen LogP contribution is -2.38. The molecule has 7 heteroatoms. The zero-order chi connectivity index (χ0) is 19.8. The SMILES string of the molecule is CC(C)C[C@H](OC(c1ccccc1)c1ncc(Br)cc1O)C(=O)NCC#N. The highest BCUT2D eigenvalue weighted by molar-refractivity contribution is 9.10. The first kappa shape index (κ1) is 20.9. The minimum Gasteiger partial charge on any atom is -0.506 e. The van der Waals surface area contributed by atoms with E-state index in [0.29, 0.717) is 16.6 Å². The molecule has 0 aliphatic heterocycles. The topological polar surface area (TPSA) is 95.2 Å². The monoisotopic (exact) mass is 431 g/mol. The fourth-order valence-corrected chi connectivity index (χ4v) is 2.95. The zero-order valence-corrected chi connectivity index (χ0v) is 16.8. The van der Waals surface area contributed by atoms with Crippen LogP contribution in [0.2, 0.25) is 0 Å². The van der Waals surface area contributed by atoms with Gasteiger partial charge in [-0.05, 0) is 39.9 Å². The molecule has 1 amide bonds. The Bertz CT molecular complexity index is 806. The van der Waals surface area contributed by atoms with Crippen LogP contribution in [-0.4, -0.2) is 28.6 Å². The second kappa shape index (κ2) is 10.0. The number of aromatic hydroxyl groups is 1. The van der Waals surface area contributed by atoms with Crippen LogP contribution in [-0.2, 0) is 9.53 Å². The summed E-state index contributed by atoms with van der Waals surface area (Å²) >= 11 is 3.28. The predicted molar refractivity (Wildman–Crippen MR) is 105 cm³/mol. The number of halogens is 1. The van der Waals surface area contributed by atoms with Gasteiger partial charge in [0, 0.05) is 10.7 Å². The third-order valence-electron chi connectivity index (χ3n) is 3.83. The molecule has 1 aromatic carbocycles. The van der Waals surface area contributed by atoms with E-state index >= 15 is 0 Å². The van der Waals surface area contributed by atoms with Crippen LogP contribution in [0.25, 0.3) is 0 Å². The number of carbonyl (C=O) groups excluding carboxylic acids is 1. The van der Waals surface area contributed by atoms with Gasteiger partial charge in [0.2, 0.25) is 5.91 Å². The van der Waals surface area contributed by atoms with Gasteiger partial charge in [0.05, 0.1) is 6.07 Å². The van der Waals surface area contributed by atoms with Crippen LogP contribution in [0.1, 0.15) is 37.6 Å². The van der Waals surface area contributed by atoms with Gasteiger partial charge in [0.25, 0.3) is 0 Å². The van der Waals surface area contributed by atoms with Crippen LogP contribution in [0.4, 0.5) is 0 Å². The summed E-state index contributed by atoms with van der Waals surface area (Å²) in [4.78, 5) is 16.8. The highest BCUT2D eigenvalue weighted by atomic mass is 79.9. The second-order valence-electron chi connectivity index (χ2n) is 6.48. The van der Waals surface area contributed by atoms with E-state index < -0.39 is 12.2 Å². The van der Waals surface area contributed by atoms with Crippen LogP contribution < -0.4 is 5.32 Å². The Morgan fingerprint density at radius 1 is 1.37 bits per heavy atom. The van der Waals surface area contributed by atoms with Gasteiger partial charge in [-0.3, -0.25) is 9.78 Å². The molecule has 0 aliphatic carbocycles. The van der Waals surface area contributed by atoms with Crippen molar-refractivity contribution >= 4 is 21.8 Å². The van der Waals surface area contributed by atoms with Gasteiger partial charge in [0.15, 0.2) is 0 Å². The molecule has 0 saturated heterocycles. The summed E-state index contributed by atoms with van der Waals surface area (Å²) in [5.41, 5.74) is 1.09. The highest BCUT2D eigenvalue weighted by Gasteiger charge is 2.28. The lowest BCUT2D eigenvalue weighted by molar-refractivity contribution is -0.136. The van der Waals surface area contributed by atoms with Crippen molar-refractivity contribution in [2.45, 2.75) is 32.5 Å². The Morgan fingerprint density at radius 2 is 2.07 bits per heavy atom. The number of aromatic nitrogens is 1. The number of benzene rings is 1. The van der Waals surface area contributed by atoms with Gasteiger partial charge < -0.3 is 15.2 Å². The van der Waals surface area contributed by atoms with Crippen molar-refractivity contribution in [2.24, 2.45) is 5.92 Å². The fourth-order valence-electron chi connectivity index (χ4n) is 2.63. The van der Waals surface area contributed by atoms with Crippen molar-refractivity contribution in [3.8, 4) is 11.8 Å². The van der Waals surface area contributed by atoms with E-state index in [1.807, 2.05) is 50.2 Å². The molecule has 0 aliphatic rings. The molecule has 2 rings (SSSR count). The largest absolute Gasteiger partial charge is 0.506 e. The molecule has 2 atom stereocenters. The Kier molecular flexibility index (Phi) is 7.77. The van der Waals surface area contributed by atoms with E-state index in [-0.39, 0.29) is 24.1 Å². The number of carbonyl (C=O) groups is 1. The molecule has 2 N–H and O–H groups in total. The third kappa shape index (κ3) is 6.05. The molecule has 0 bridgehead atoms. The van der Waals surface area contributed by atoms with Gasteiger partial charge in [-0.25, -0.2) is 0 Å². The van der Waals surface area contributed by atoms with Gasteiger partial charge in [-0.1, -0.05) is 44.2 Å². The minimum atomic E-state index is -0.784. The van der Waals surface area contributed by atoms with Crippen molar-refractivity contribution < 1.29 is 14.6 Å². The number of pyridine rings is 1. The summed E-state index contributed by atoms with van der Waals surface area (Å²) in [6, 6.07) is 12.7. The average molecular weight is 432 g/mol. The predicted octanol–water partition coefficient (Wildman–Crippen LogP) is 3.71. The molecule has 27 heavy (non-hydrogen) atoms. The normalized spacial score (nSPS) is 13.0. The van der Waals surface area contributed by atoms with Crippen LogP contribution in [0.3, 0.4) is 0 Å². The molecule has 2 aromatic rings. The molecular formula is C20H22BrN3O3. The van der Waals surface area contributed by atoms with Crippen LogP contribution in [0.5, 0.6) is 5.75 Å². The fraction of sp³-hybridized carbons (Fsp3) is 0.350. The van der Waals surface area contributed by atoms with Gasteiger partial charge in [-0.15, -0.1) is 0 Å². The quantitative estimate of drug-likeness (QED) is 0.621. The van der Waals surface area contributed by atoms with Gasteiger partial charge >= 0.3 is 0 Å². The van der Waals surface area contributed by atoms with E-state index in [1.165, 1.54) is 6.07 Å². The van der Waals surface area contributed by atoms with E-state index in [1.54, 1.807) is 6.20 Å². The summed E-state index contributed by atoms with van der Waals surface area (Å²) < 4.78 is 6.79. The van der Waals surface area contributed by atoms with Crippen molar-refractivity contribution in [1.82, 2.24) is 10.3 Å². The summed E-state index contributed by atoms with van der Waals surface area (Å²) in [6.07, 6.45) is 0.531. The first-order chi connectivity index (χ1) is 12.9. The summed E-state index contributed by atoms with van der Waals surface area (Å²) in [7, 11) is 0. The van der Waals surface area contributed by atoms with Crippen molar-refractivity contribution in [3.05, 3.63) is 58.3 Å². The van der Waals surface area contributed by atoms with Gasteiger partial charge in [0.1, 0.15) is 30.2 Å². The number of rotatable bonds is 8. The smallest absolute Gasteiger partial charge is 0.250 e. The molecular weight excluding hydrogens is 410 g/mol. The molecule has 6 nitrogen and oxygen atoms in total.